The lowest BCUT2D eigenvalue weighted by molar-refractivity contribution is -0.163. The molecule has 6 heteroatoms. The van der Waals surface area contributed by atoms with Crippen LogP contribution in [0.4, 0.5) is 5.69 Å². The third-order valence-corrected chi connectivity index (χ3v) is 4.49. The van der Waals surface area contributed by atoms with E-state index in [1.54, 1.807) is 7.05 Å². The van der Waals surface area contributed by atoms with Crippen LogP contribution in [0.5, 0.6) is 0 Å². The van der Waals surface area contributed by atoms with Gasteiger partial charge in [-0.3, -0.25) is 9.63 Å². The summed E-state index contributed by atoms with van der Waals surface area (Å²) in [5.41, 5.74) is 3.99. The molecular formula is C19H18BrN3O2. The van der Waals surface area contributed by atoms with Gasteiger partial charge in [0.2, 0.25) is 0 Å². The van der Waals surface area contributed by atoms with Crippen LogP contribution in [-0.2, 0) is 16.2 Å². The van der Waals surface area contributed by atoms with Gasteiger partial charge in [-0.1, -0.05) is 30.8 Å². The number of hydrogen-bond acceptors (Lipinski definition) is 4. The van der Waals surface area contributed by atoms with E-state index in [0.29, 0.717) is 17.7 Å². The minimum atomic E-state index is -0.241. The molecule has 2 aromatic rings. The highest BCUT2D eigenvalue weighted by Crippen LogP contribution is 2.37. The van der Waals surface area contributed by atoms with Crippen molar-refractivity contribution >= 4 is 33.1 Å². The summed E-state index contributed by atoms with van der Waals surface area (Å²) in [6, 6.07) is 13.7. The van der Waals surface area contributed by atoms with Crippen LogP contribution in [-0.4, -0.2) is 30.1 Å². The highest BCUT2D eigenvalue weighted by Gasteiger charge is 2.27. The van der Waals surface area contributed by atoms with Gasteiger partial charge in [0, 0.05) is 24.5 Å². The van der Waals surface area contributed by atoms with Crippen molar-refractivity contribution in [3.8, 4) is 0 Å². The van der Waals surface area contributed by atoms with Crippen molar-refractivity contribution in [3.05, 3.63) is 76.7 Å². The second-order valence-electron chi connectivity index (χ2n) is 5.60. The number of carbonyl (C=O) groups is 1. The number of benzene rings is 1. The van der Waals surface area contributed by atoms with Crippen molar-refractivity contribution in [2.45, 2.75) is 6.54 Å². The lowest BCUT2D eigenvalue weighted by atomic mass is 9.94. The standard InChI is InChI=1S/C19H18BrN3O2/c1-13-15-8-4-5-9-17(15)23(11-14-7-6-10-18(20)21-14)12-16(13)19(24)22(2)25-3/h4-10,12H,1,11H2,2-3H3. The van der Waals surface area contributed by atoms with Crippen LogP contribution >= 0.6 is 15.9 Å². The van der Waals surface area contributed by atoms with E-state index in [4.69, 9.17) is 4.84 Å². The summed E-state index contributed by atoms with van der Waals surface area (Å²) in [5.74, 6) is -0.241. The number of hydrogen-bond donors (Lipinski definition) is 0. The lowest BCUT2D eigenvalue weighted by Crippen LogP contribution is -2.31. The number of likely N-dealkylation sites (N-methyl/N-ethyl adjacent to an activating group) is 1. The first kappa shape index (κ1) is 17.4. The molecule has 1 aromatic heterocycles. The van der Waals surface area contributed by atoms with Gasteiger partial charge in [0.1, 0.15) is 4.60 Å². The van der Waals surface area contributed by atoms with E-state index in [9.17, 15) is 4.79 Å². The van der Waals surface area contributed by atoms with Gasteiger partial charge in [-0.05, 0) is 39.7 Å². The van der Waals surface area contributed by atoms with E-state index >= 15 is 0 Å². The molecular weight excluding hydrogens is 382 g/mol. The zero-order valence-corrected chi connectivity index (χ0v) is 15.7. The van der Waals surface area contributed by atoms with Crippen molar-refractivity contribution in [3.63, 3.8) is 0 Å². The molecule has 0 unspecified atom stereocenters. The van der Waals surface area contributed by atoms with E-state index in [-0.39, 0.29) is 5.91 Å². The summed E-state index contributed by atoms with van der Waals surface area (Å²) in [7, 11) is 3.04. The van der Waals surface area contributed by atoms with E-state index in [1.807, 2.05) is 53.6 Å². The number of halogens is 1. The molecule has 2 heterocycles. The molecule has 0 radical (unpaired) electrons. The fourth-order valence-corrected chi connectivity index (χ4v) is 3.09. The van der Waals surface area contributed by atoms with E-state index in [0.717, 1.165) is 21.5 Å². The maximum Gasteiger partial charge on any atom is 0.279 e. The summed E-state index contributed by atoms with van der Waals surface area (Å²) in [4.78, 5) is 24.2. The molecule has 0 saturated heterocycles. The van der Waals surface area contributed by atoms with Gasteiger partial charge < -0.3 is 4.90 Å². The molecule has 0 N–H and O–H groups in total. The zero-order chi connectivity index (χ0) is 18.0. The zero-order valence-electron chi connectivity index (χ0n) is 14.1. The normalized spacial score (nSPS) is 13.3. The van der Waals surface area contributed by atoms with Gasteiger partial charge in [-0.25, -0.2) is 10.0 Å². The number of para-hydroxylation sites is 1. The van der Waals surface area contributed by atoms with Gasteiger partial charge in [0.25, 0.3) is 5.91 Å². The maximum absolute atomic E-state index is 12.6. The number of hydroxylamine groups is 2. The van der Waals surface area contributed by atoms with Crippen LogP contribution in [0.25, 0.3) is 5.57 Å². The number of aromatic nitrogens is 1. The van der Waals surface area contributed by atoms with E-state index in [1.165, 1.54) is 12.2 Å². The molecule has 0 atom stereocenters. The fourth-order valence-electron chi connectivity index (χ4n) is 2.71. The van der Waals surface area contributed by atoms with Gasteiger partial charge in [-0.2, -0.15) is 0 Å². The van der Waals surface area contributed by atoms with Crippen molar-refractivity contribution < 1.29 is 9.63 Å². The van der Waals surface area contributed by atoms with Crippen molar-refractivity contribution in [2.75, 3.05) is 19.1 Å². The molecule has 1 aliphatic heterocycles. The SMILES string of the molecule is C=C1C(C(=O)N(C)OC)=CN(Cc2cccc(Br)n2)c2ccccc21. The average molecular weight is 400 g/mol. The molecule has 0 bridgehead atoms. The Hall–Kier alpha value is -2.44. The summed E-state index contributed by atoms with van der Waals surface area (Å²) >= 11 is 3.40. The number of pyridine rings is 1. The van der Waals surface area contributed by atoms with Gasteiger partial charge in [0.15, 0.2) is 0 Å². The summed E-state index contributed by atoms with van der Waals surface area (Å²) < 4.78 is 0.777. The Morgan fingerprint density at radius 3 is 2.76 bits per heavy atom. The Morgan fingerprint density at radius 1 is 1.28 bits per heavy atom. The number of amides is 1. The molecule has 1 aromatic carbocycles. The number of fused-ring (bicyclic) bond motifs is 1. The molecule has 0 spiro atoms. The Bertz CT molecular complexity index is 863. The minimum absolute atomic E-state index is 0.241. The number of nitrogens with zero attached hydrogens (tertiary/aromatic N) is 3. The number of rotatable bonds is 4. The molecule has 1 aliphatic rings. The first-order valence-corrected chi connectivity index (χ1v) is 8.51. The van der Waals surface area contributed by atoms with Crippen molar-refractivity contribution in [2.24, 2.45) is 0 Å². The molecule has 0 saturated carbocycles. The molecule has 128 valence electrons. The van der Waals surface area contributed by atoms with Crippen LogP contribution in [0, 0.1) is 0 Å². The summed E-state index contributed by atoms with van der Waals surface area (Å²) in [6.45, 7) is 4.65. The molecule has 25 heavy (non-hydrogen) atoms. The highest BCUT2D eigenvalue weighted by atomic mass is 79.9. The smallest absolute Gasteiger partial charge is 0.279 e. The third-order valence-electron chi connectivity index (χ3n) is 4.04. The van der Waals surface area contributed by atoms with E-state index in [2.05, 4.69) is 27.5 Å². The maximum atomic E-state index is 12.6. The molecule has 0 fully saturated rings. The van der Waals surface area contributed by atoms with Crippen LogP contribution < -0.4 is 4.90 Å². The Morgan fingerprint density at radius 2 is 2.04 bits per heavy atom. The van der Waals surface area contributed by atoms with Gasteiger partial charge >= 0.3 is 0 Å². The topological polar surface area (TPSA) is 45.7 Å². The predicted octanol–water partition coefficient (Wildman–Crippen LogP) is 3.78. The summed E-state index contributed by atoms with van der Waals surface area (Å²) in [6.07, 6.45) is 1.81. The van der Waals surface area contributed by atoms with Crippen molar-refractivity contribution in [1.82, 2.24) is 10.0 Å². The predicted molar refractivity (Wildman–Crippen MR) is 101 cm³/mol. The molecule has 5 nitrogen and oxygen atoms in total. The summed E-state index contributed by atoms with van der Waals surface area (Å²) in [5, 5.41) is 1.19. The van der Waals surface area contributed by atoms with Crippen molar-refractivity contribution in [1.29, 1.82) is 0 Å². The lowest BCUT2D eigenvalue weighted by Gasteiger charge is -2.31. The van der Waals surface area contributed by atoms with Gasteiger partial charge in [0.05, 0.1) is 24.9 Å². The molecule has 1 amide bonds. The molecule has 3 rings (SSSR count). The molecule has 0 aliphatic carbocycles. The Labute approximate surface area is 155 Å². The number of anilines is 1. The highest BCUT2D eigenvalue weighted by molar-refractivity contribution is 9.10. The van der Waals surface area contributed by atoms with E-state index < -0.39 is 0 Å². The van der Waals surface area contributed by atoms with Crippen LogP contribution in [0.1, 0.15) is 11.3 Å². The first-order valence-electron chi connectivity index (χ1n) is 7.72. The first-order chi connectivity index (χ1) is 12.0. The Balaban J connectivity index is 2.02. The van der Waals surface area contributed by atoms with Crippen LogP contribution in [0.3, 0.4) is 0 Å². The average Bonchev–Trinajstić information content (AvgIpc) is 2.63. The third kappa shape index (κ3) is 3.50. The fraction of sp³-hybridized carbons (Fsp3) is 0.158. The monoisotopic (exact) mass is 399 g/mol. The largest absolute Gasteiger partial charge is 0.341 e. The van der Waals surface area contributed by atoms with Crippen LogP contribution in [0.2, 0.25) is 0 Å². The quantitative estimate of drug-likeness (QED) is 0.579. The second-order valence-corrected chi connectivity index (χ2v) is 6.42. The minimum Gasteiger partial charge on any atom is -0.341 e. The van der Waals surface area contributed by atoms with Crippen LogP contribution in [0.15, 0.2) is 65.4 Å². The number of carbonyl (C=O) groups excluding carboxylic acids is 1. The second kappa shape index (κ2) is 7.21. The van der Waals surface area contributed by atoms with Gasteiger partial charge in [-0.15, -0.1) is 0 Å². The Kier molecular flexibility index (Phi) is 5.01.